The molecule has 1 atom stereocenters. The monoisotopic (exact) mass is 347 g/mol. The average Bonchev–Trinajstić information content (AvgIpc) is 3.10. The number of amides is 1. The van der Waals surface area contributed by atoms with Gasteiger partial charge >= 0.3 is 0 Å². The number of hydrogen-bond donors (Lipinski definition) is 1. The van der Waals surface area contributed by atoms with E-state index in [1.165, 1.54) is 11.8 Å². The maximum absolute atomic E-state index is 12.3. The van der Waals surface area contributed by atoms with Gasteiger partial charge in [0.05, 0.1) is 29.3 Å². The van der Waals surface area contributed by atoms with Crippen LogP contribution in [0.4, 0.5) is 0 Å². The van der Waals surface area contributed by atoms with Crippen LogP contribution in [0.2, 0.25) is 0 Å². The summed E-state index contributed by atoms with van der Waals surface area (Å²) in [7, 11) is -2.98. The molecule has 7 heteroatoms. The molecule has 1 aromatic carbocycles. The van der Waals surface area contributed by atoms with Gasteiger partial charge < -0.3 is 5.32 Å². The number of hydrogen-bond acceptors (Lipinski definition) is 4. The summed E-state index contributed by atoms with van der Waals surface area (Å²) in [5.41, 5.74) is 2.39. The Morgan fingerprint density at radius 3 is 2.75 bits per heavy atom. The van der Waals surface area contributed by atoms with Gasteiger partial charge in [-0.25, -0.2) is 8.42 Å². The second-order valence-corrected chi connectivity index (χ2v) is 8.37. The Balaban J connectivity index is 1.62. The highest BCUT2D eigenvalue weighted by molar-refractivity contribution is 7.91. The molecule has 0 spiro atoms. The molecule has 1 aliphatic heterocycles. The van der Waals surface area contributed by atoms with Crippen LogP contribution < -0.4 is 5.32 Å². The lowest BCUT2D eigenvalue weighted by Gasteiger charge is -2.11. The Kier molecular flexibility index (Phi) is 4.71. The zero-order chi connectivity index (χ0) is 17.2. The van der Waals surface area contributed by atoms with Gasteiger partial charge in [0.25, 0.3) is 5.91 Å². The van der Waals surface area contributed by atoms with E-state index in [1.54, 1.807) is 4.68 Å². The van der Waals surface area contributed by atoms with Gasteiger partial charge in [0.2, 0.25) is 0 Å². The molecule has 128 valence electrons. The number of aromatic nitrogens is 2. The largest absolute Gasteiger partial charge is 0.352 e. The Bertz CT molecular complexity index is 828. The number of nitrogens with zero attached hydrogens (tertiary/aromatic N) is 2. The average molecular weight is 347 g/mol. The molecule has 2 aromatic rings. The SMILES string of the molecule is Cc1c(C(=O)NCCc2ccccc2)cnn1C1CCS(=O)(=O)C1. The number of carbonyl (C=O) groups is 1. The van der Waals surface area contributed by atoms with E-state index in [2.05, 4.69) is 10.4 Å². The molecule has 1 unspecified atom stereocenters. The first kappa shape index (κ1) is 16.7. The van der Waals surface area contributed by atoms with Crippen molar-refractivity contribution in [2.24, 2.45) is 0 Å². The standard InChI is InChI=1S/C17H21N3O3S/c1-13-16(11-19-20(13)15-8-10-24(22,23)12-15)17(21)18-9-7-14-5-3-2-4-6-14/h2-6,11,15H,7-10,12H2,1H3,(H,18,21). The third-order valence-corrected chi connectivity index (χ3v) is 6.14. The van der Waals surface area contributed by atoms with Crippen molar-refractivity contribution >= 4 is 15.7 Å². The van der Waals surface area contributed by atoms with Gasteiger partial charge in [0.15, 0.2) is 9.84 Å². The van der Waals surface area contributed by atoms with Crippen LogP contribution in [0.15, 0.2) is 36.5 Å². The first-order valence-corrected chi connectivity index (χ1v) is 9.85. The molecule has 0 bridgehead atoms. The molecule has 24 heavy (non-hydrogen) atoms. The molecular weight excluding hydrogens is 326 g/mol. The minimum absolute atomic E-state index is 0.102. The summed E-state index contributed by atoms with van der Waals surface area (Å²) in [6, 6.07) is 9.79. The second kappa shape index (κ2) is 6.76. The Hall–Kier alpha value is -2.15. The third-order valence-electron chi connectivity index (χ3n) is 4.39. The molecule has 0 saturated carbocycles. The van der Waals surface area contributed by atoms with Crippen LogP contribution in [0.1, 0.15) is 34.1 Å². The second-order valence-electron chi connectivity index (χ2n) is 6.14. The summed E-state index contributed by atoms with van der Waals surface area (Å²) in [5, 5.41) is 7.14. The fraction of sp³-hybridized carbons (Fsp3) is 0.412. The molecule has 0 aliphatic carbocycles. The van der Waals surface area contributed by atoms with Crippen molar-refractivity contribution in [3.63, 3.8) is 0 Å². The van der Waals surface area contributed by atoms with Gasteiger partial charge in [-0.05, 0) is 25.3 Å². The summed E-state index contributed by atoms with van der Waals surface area (Å²) in [6.07, 6.45) is 2.85. The number of sulfone groups is 1. The van der Waals surface area contributed by atoms with E-state index in [-0.39, 0.29) is 23.5 Å². The van der Waals surface area contributed by atoms with E-state index in [4.69, 9.17) is 0 Å². The van der Waals surface area contributed by atoms with Crippen molar-refractivity contribution in [3.05, 3.63) is 53.3 Å². The summed E-state index contributed by atoms with van der Waals surface area (Å²) >= 11 is 0. The number of benzene rings is 1. The van der Waals surface area contributed by atoms with Crippen molar-refractivity contribution in [1.82, 2.24) is 15.1 Å². The maximum atomic E-state index is 12.3. The van der Waals surface area contributed by atoms with E-state index in [9.17, 15) is 13.2 Å². The Labute approximate surface area is 141 Å². The number of nitrogens with one attached hydrogen (secondary N) is 1. The molecular formula is C17H21N3O3S. The first-order chi connectivity index (χ1) is 11.5. The van der Waals surface area contributed by atoms with E-state index in [0.29, 0.717) is 24.2 Å². The fourth-order valence-corrected chi connectivity index (χ4v) is 4.73. The van der Waals surface area contributed by atoms with Crippen LogP contribution in [-0.4, -0.2) is 42.2 Å². The highest BCUT2D eigenvalue weighted by Crippen LogP contribution is 2.25. The first-order valence-electron chi connectivity index (χ1n) is 8.03. The molecule has 1 N–H and O–H groups in total. The Morgan fingerprint density at radius 2 is 2.08 bits per heavy atom. The van der Waals surface area contributed by atoms with Gasteiger partial charge in [0, 0.05) is 12.2 Å². The molecule has 0 radical (unpaired) electrons. The van der Waals surface area contributed by atoms with Crippen molar-refractivity contribution in [2.75, 3.05) is 18.1 Å². The zero-order valence-corrected chi connectivity index (χ0v) is 14.4. The topological polar surface area (TPSA) is 81.1 Å². The molecule has 6 nitrogen and oxygen atoms in total. The molecule has 2 heterocycles. The molecule has 1 fully saturated rings. The van der Waals surface area contributed by atoms with Crippen molar-refractivity contribution in [3.8, 4) is 0 Å². The summed E-state index contributed by atoms with van der Waals surface area (Å²) in [4.78, 5) is 12.3. The van der Waals surface area contributed by atoms with Crippen LogP contribution in [0.5, 0.6) is 0 Å². The van der Waals surface area contributed by atoms with E-state index >= 15 is 0 Å². The van der Waals surface area contributed by atoms with E-state index in [0.717, 1.165) is 6.42 Å². The minimum atomic E-state index is -2.98. The van der Waals surface area contributed by atoms with Crippen molar-refractivity contribution in [1.29, 1.82) is 0 Å². The highest BCUT2D eigenvalue weighted by atomic mass is 32.2. The number of rotatable bonds is 5. The van der Waals surface area contributed by atoms with Crippen molar-refractivity contribution < 1.29 is 13.2 Å². The van der Waals surface area contributed by atoms with Gasteiger partial charge in [-0.3, -0.25) is 9.48 Å². The third kappa shape index (κ3) is 3.67. The molecule has 1 amide bonds. The van der Waals surface area contributed by atoms with Crippen LogP contribution >= 0.6 is 0 Å². The van der Waals surface area contributed by atoms with Crippen LogP contribution in [0.25, 0.3) is 0 Å². The predicted octanol–water partition coefficient (Wildman–Crippen LogP) is 1.52. The van der Waals surface area contributed by atoms with E-state index < -0.39 is 9.84 Å². The quantitative estimate of drug-likeness (QED) is 0.889. The zero-order valence-electron chi connectivity index (χ0n) is 13.6. The molecule has 1 aliphatic rings. The normalized spacial score (nSPS) is 19.3. The summed E-state index contributed by atoms with van der Waals surface area (Å²) in [6.45, 7) is 2.36. The van der Waals surface area contributed by atoms with Gasteiger partial charge in [0.1, 0.15) is 0 Å². The lowest BCUT2D eigenvalue weighted by atomic mass is 10.1. The van der Waals surface area contributed by atoms with Crippen LogP contribution in [0, 0.1) is 6.92 Å². The maximum Gasteiger partial charge on any atom is 0.254 e. The number of carbonyl (C=O) groups excluding carboxylic acids is 1. The highest BCUT2D eigenvalue weighted by Gasteiger charge is 2.31. The van der Waals surface area contributed by atoms with Gasteiger partial charge in [-0.15, -0.1) is 0 Å². The Morgan fingerprint density at radius 1 is 1.33 bits per heavy atom. The molecule has 1 aromatic heterocycles. The predicted molar refractivity (Wildman–Crippen MR) is 91.8 cm³/mol. The van der Waals surface area contributed by atoms with Crippen LogP contribution in [-0.2, 0) is 16.3 Å². The van der Waals surface area contributed by atoms with Gasteiger partial charge in [-0.2, -0.15) is 5.10 Å². The van der Waals surface area contributed by atoms with E-state index in [1.807, 2.05) is 37.3 Å². The molecule has 1 saturated heterocycles. The lowest BCUT2D eigenvalue weighted by molar-refractivity contribution is 0.0953. The molecule has 3 rings (SSSR count). The smallest absolute Gasteiger partial charge is 0.254 e. The lowest BCUT2D eigenvalue weighted by Crippen LogP contribution is -2.26. The fourth-order valence-electron chi connectivity index (χ4n) is 3.04. The summed E-state index contributed by atoms with van der Waals surface area (Å²) < 4.78 is 24.9. The van der Waals surface area contributed by atoms with Crippen LogP contribution in [0.3, 0.4) is 0 Å². The minimum Gasteiger partial charge on any atom is -0.352 e. The van der Waals surface area contributed by atoms with Crippen molar-refractivity contribution in [2.45, 2.75) is 25.8 Å². The van der Waals surface area contributed by atoms with Gasteiger partial charge in [-0.1, -0.05) is 30.3 Å². The summed E-state index contributed by atoms with van der Waals surface area (Å²) in [5.74, 6) is 0.121.